The van der Waals surface area contributed by atoms with Crippen LogP contribution in [0.3, 0.4) is 0 Å². The van der Waals surface area contributed by atoms with Crippen LogP contribution in [0.15, 0.2) is 58.3 Å². The Bertz CT molecular complexity index is 960. The van der Waals surface area contributed by atoms with Crippen LogP contribution in [0.5, 0.6) is 5.75 Å². The van der Waals surface area contributed by atoms with Gasteiger partial charge in [0.15, 0.2) is 0 Å². The van der Waals surface area contributed by atoms with Gasteiger partial charge in [0.2, 0.25) is 0 Å². The van der Waals surface area contributed by atoms with Gasteiger partial charge in [0, 0.05) is 31.6 Å². The first-order valence-electron chi connectivity index (χ1n) is 8.47. The normalized spacial score (nSPS) is 15.1. The highest BCUT2D eigenvalue weighted by Gasteiger charge is 2.29. The van der Waals surface area contributed by atoms with Crippen molar-refractivity contribution in [1.29, 1.82) is 0 Å². The van der Waals surface area contributed by atoms with E-state index in [1.807, 2.05) is 51.5 Å². The molecular formula is C19H20N4O2S. The van der Waals surface area contributed by atoms with Gasteiger partial charge in [-0.05, 0) is 49.2 Å². The molecule has 1 aromatic heterocycles. The summed E-state index contributed by atoms with van der Waals surface area (Å²) in [7, 11) is 4.01. The van der Waals surface area contributed by atoms with Gasteiger partial charge in [0.1, 0.15) is 17.0 Å². The summed E-state index contributed by atoms with van der Waals surface area (Å²) >= 11 is 1.45. The Labute approximate surface area is 156 Å². The van der Waals surface area contributed by atoms with E-state index in [4.69, 9.17) is 4.74 Å². The number of ether oxygens (including phenoxy) is 1. The maximum atomic E-state index is 13.1. The zero-order valence-electron chi connectivity index (χ0n) is 15.0. The lowest BCUT2D eigenvalue weighted by Crippen LogP contribution is -2.31. The summed E-state index contributed by atoms with van der Waals surface area (Å²) in [4.78, 5) is 20.5. The SMILES string of the molecule is CCOc1ccc(-n2cnc3c(c2=O)SN2C=CC(N(C)C)=C3C2)cc1. The van der Waals surface area contributed by atoms with Crippen molar-refractivity contribution in [2.75, 3.05) is 27.2 Å². The van der Waals surface area contributed by atoms with Gasteiger partial charge in [0.25, 0.3) is 5.56 Å². The fraction of sp³-hybridized carbons (Fsp3) is 0.263. The molecule has 0 amide bonds. The van der Waals surface area contributed by atoms with E-state index in [2.05, 4.69) is 20.3 Å². The molecule has 0 atom stereocenters. The van der Waals surface area contributed by atoms with Crippen LogP contribution in [0.2, 0.25) is 0 Å². The van der Waals surface area contributed by atoms with E-state index in [9.17, 15) is 4.79 Å². The van der Waals surface area contributed by atoms with Gasteiger partial charge in [-0.15, -0.1) is 0 Å². The first kappa shape index (κ1) is 16.8. The molecule has 0 spiro atoms. The second-order valence-electron chi connectivity index (χ2n) is 6.26. The third kappa shape index (κ3) is 2.78. The topological polar surface area (TPSA) is 50.6 Å². The molecule has 26 heavy (non-hydrogen) atoms. The molecule has 0 saturated heterocycles. The lowest BCUT2D eigenvalue weighted by molar-refractivity contribution is 0.340. The van der Waals surface area contributed by atoms with Crippen molar-refractivity contribution >= 4 is 17.5 Å². The van der Waals surface area contributed by atoms with Crippen LogP contribution in [-0.4, -0.2) is 46.0 Å². The first-order valence-corrected chi connectivity index (χ1v) is 9.24. The number of allylic oxidation sites excluding steroid dienone is 1. The molecule has 0 unspecified atom stereocenters. The van der Waals surface area contributed by atoms with E-state index in [1.54, 1.807) is 10.9 Å². The summed E-state index contributed by atoms with van der Waals surface area (Å²) in [5.41, 5.74) is 3.68. The largest absolute Gasteiger partial charge is 0.494 e. The number of hydrogen-bond acceptors (Lipinski definition) is 6. The second kappa shape index (κ2) is 6.57. The van der Waals surface area contributed by atoms with Gasteiger partial charge in [-0.3, -0.25) is 9.36 Å². The molecule has 4 rings (SSSR count). The first-order chi connectivity index (χ1) is 12.6. The molecule has 2 aliphatic rings. The fourth-order valence-corrected chi connectivity index (χ4v) is 4.12. The minimum Gasteiger partial charge on any atom is -0.494 e. The minimum absolute atomic E-state index is 0.0558. The van der Waals surface area contributed by atoms with E-state index in [0.29, 0.717) is 11.5 Å². The third-order valence-electron chi connectivity index (χ3n) is 4.35. The van der Waals surface area contributed by atoms with Crippen molar-refractivity contribution in [2.45, 2.75) is 11.8 Å². The number of likely N-dealkylation sites (N-methyl/N-ethyl adjacent to an activating group) is 1. The molecule has 0 fully saturated rings. The summed E-state index contributed by atoms with van der Waals surface area (Å²) in [6.07, 6.45) is 5.69. The van der Waals surface area contributed by atoms with Crippen LogP contribution < -0.4 is 10.3 Å². The van der Waals surface area contributed by atoms with E-state index in [-0.39, 0.29) is 5.56 Å². The van der Waals surface area contributed by atoms with E-state index in [1.165, 1.54) is 11.9 Å². The molecule has 2 bridgehead atoms. The Hall–Kier alpha value is -2.67. The molecule has 134 valence electrons. The van der Waals surface area contributed by atoms with Gasteiger partial charge < -0.3 is 13.9 Å². The lowest BCUT2D eigenvalue weighted by atomic mass is 10.1. The zero-order valence-corrected chi connectivity index (χ0v) is 15.8. The van der Waals surface area contributed by atoms with Crippen LogP contribution in [0.4, 0.5) is 0 Å². The molecule has 7 heteroatoms. The highest BCUT2D eigenvalue weighted by molar-refractivity contribution is 7.97. The predicted molar refractivity (Wildman–Crippen MR) is 103 cm³/mol. The summed E-state index contributed by atoms with van der Waals surface area (Å²) in [6, 6.07) is 7.48. The van der Waals surface area contributed by atoms with Crippen LogP contribution in [0, 0.1) is 0 Å². The van der Waals surface area contributed by atoms with E-state index < -0.39 is 0 Å². The zero-order chi connectivity index (χ0) is 18.3. The molecule has 2 aromatic rings. The Morgan fingerprint density at radius 2 is 2.04 bits per heavy atom. The standard InChI is InChI=1S/C19H20N4O2S/c1-4-25-14-7-5-13(6-8-14)23-12-20-17-15-11-22(26-18(17)19(23)24)10-9-16(15)21(2)3/h5-10,12H,4,11H2,1-3H3. The number of hydrogen-bond donors (Lipinski definition) is 0. The van der Waals surface area contributed by atoms with Crippen LogP contribution in [-0.2, 0) is 0 Å². The van der Waals surface area contributed by atoms with Gasteiger partial charge in [-0.1, -0.05) is 0 Å². The van der Waals surface area contributed by atoms with Crippen molar-refractivity contribution < 1.29 is 4.74 Å². The number of aromatic nitrogens is 2. The molecule has 0 radical (unpaired) electrons. The Balaban J connectivity index is 1.80. The third-order valence-corrected chi connectivity index (χ3v) is 5.39. The Morgan fingerprint density at radius 1 is 1.27 bits per heavy atom. The maximum Gasteiger partial charge on any atom is 0.274 e. The van der Waals surface area contributed by atoms with Crippen molar-refractivity contribution in [3.05, 3.63) is 64.6 Å². The lowest BCUT2D eigenvalue weighted by Gasteiger charge is -2.33. The van der Waals surface area contributed by atoms with Crippen LogP contribution in [0.25, 0.3) is 11.3 Å². The van der Waals surface area contributed by atoms with Crippen LogP contribution in [0.1, 0.15) is 12.6 Å². The van der Waals surface area contributed by atoms with Gasteiger partial charge >= 0.3 is 0 Å². The summed E-state index contributed by atoms with van der Waals surface area (Å²) in [5.74, 6) is 0.788. The predicted octanol–water partition coefficient (Wildman–Crippen LogP) is 2.75. The van der Waals surface area contributed by atoms with E-state index >= 15 is 0 Å². The second-order valence-corrected chi connectivity index (χ2v) is 7.32. The monoisotopic (exact) mass is 368 g/mol. The molecule has 0 N–H and O–H groups in total. The highest BCUT2D eigenvalue weighted by atomic mass is 32.2. The summed E-state index contributed by atoms with van der Waals surface area (Å²) in [5, 5.41) is 0. The summed E-state index contributed by atoms with van der Waals surface area (Å²) < 4.78 is 9.12. The molecule has 0 aliphatic carbocycles. The molecular weight excluding hydrogens is 348 g/mol. The fourth-order valence-electron chi connectivity index (χ4n) is 3.13. The Kier molecular flexibility index (Phi) is 4.24. The maximum absolute atomic E-state index is 13.1. The minimum atomic E-state index is -0.0558. The highest BCUT2D eigenvalue weighted by Crippen LogP contribution is 2.39. The average Bonchev–Trinajstić information content (AvgIpc) is 2.64. The molecule has 6 nitrogen and oxygen atoms in total. The molecule has 3 heterocycles. The number of nitrogens with zero attached hydrogens (tertiary/aromatic N) is 4. The van der Waals surface area contributed by atoms with Crippen LogP contribution >= 0.6 is 11.9 Å². The van der Waals surface area contributed by atoms with Crippen molar-refractivity contribution in [2.24, 2.45) is 0 Å². The Morgan fingerprint density at radius 3 is 2.73 bits per heavy atom. The number of fused-ring (bicyclic) bond motifs is 4. The molecule has 1 aromatic carbocycles. The van der Waals surface area contributed by atoms with Gasteiger partial charge in [-0.2, -0.15) is 0 Å². The smallest absolute Gasteiger partial charge is 0.274 e. The van der Waals surface area contributed by atoms with Crippen molar-refractivity contribution in [1.82, 2.24) is 18.8 Å². The van der Waals surface area contributed by atoms with Crippen molar-refractivity contribution in [3.8, 4) is 11.4 Å². The van der Waals surface area contributed by atoms with Gasteiger partial charge in [0.05, 0.1) is 24.5 Å². The molecule has 0 saturated carbocycles. The average molecular weight is 368 g/mol. The quantitative estimate of drug-likeness (QED) is 0.774. The van der Waals surface area contributed by atoms with E-state index in [0.717, 1.165) is 34.9 Å². The van der Waals surface area contributed by atoms with Gasteiger partial charge in [-0.25, -0.2) is 4.98 Å². The number of benzene rings is 1. The molecule has 2 aliphatic heterocycles. The number of rotatable bonds is 4. The summed E-state index contributed by atoms with van der Waals surface area (Å²) in [6.45, 7) is 3.31. The van der Waals surface area contributed by atoms with Crippen molar-refractivity contribution in [3.63, 3.8) is 0 Å².